The number of halogens is 2. The molecule has 0 aliphatic carbocycles. The number of benzene rings is 1. The fourth-order valence-corrected chi connectivity index (χ4v) is 2.64. The molecule has 6 heteroatoms. The van der Waals surface area contributed by atoms with Gasteiger partial charge in [0.15, 0.2) is 0 Å². The van der Waals surface area contributed by atoms with Crippen molar-refractivity contribution in [3.63, 3.8) is 0 Å². The average Bonchev–Trinajstić information content (AvgIpc) is 2.82. The maximum atomic E-state index is 6.13. The third kappa shape index (κ3) is 4.23. The second-order valence-electron chi connectivity index (χ2n) is 5.19. The van der Waals surface area contributed by atoms with Crippen molar-refractivity contribution in [2.24, 2.45) is 0 Å². The topological polar surface area (TPSA) is 47.3 Å². The Kier molecular flexibility index (Phi) is 6.26. The van der Waals surface area contributed by atoms with Crippen LogP contribution in [0, 0.1) is 13.8 Å². The zero-order valence-electron chi connectivity index (χ0n) is 13.0. The smallest absolute Gasteiger partial charge is 0.138 e. The monoisotopic (exact) mass is 342 g/mol. The molecule has 2 rings (SSSR count). The van der Waals surface area contributed by atoms with Gasteiger partial charge in [-0.2, -0.15) is 0 Å². The Morgan fingerprint density at radius 3 is 2.64 bits per heavy atom. The molecule has 0 bridgehead atoms. The highest BCUT2D eigenvalue weighted by atomic mass is 35.5. The van der Waals surface area contributed by atoms with Crippen LogP contribution in [0.15, 0.2) is 22.7 Å². The fraction of sp³-hybridized carbons (Fsp3) is 0.438. The minimum absolute atomic E-state index is 0.114. The lowest BCUT2D eigenvalue weighted by Crippen LogP contribution is -2.23. The zero-order valence-corrected chi connectivity index (χ0v) is 14.5. The lowest BCUT2D eigenvalue weighted by molar-refractivity contribution is 0.182. The molecule has 1 atom stereocenters. The number of nitrogens with one attached hydrogen (secondary N) is 1. The summed E-state index contributed by atoms with van der Waals surface area (Å²) in [7, 11) is 1.69. The quantitative estimate of drug-likeness (QED) is 0.806. The van der Waals surface area contributed by atoms with E-state index in [1.165, 1.54) is 0 Å². The van der Waals surface area contributed by atoms with Gasteiger partial charge in [-0.05, 0) is 38.0 Å². The summed E-state index contributed by atoms with van der Waals surface area (Å²) in [4.78, 5) is 0. The Morgan fingerprint density at radius 2 is 2.05 bits per heavy atom. The molecule has 0 aliphatic rings. The summed E-state index contributed by atoms with van der Waals surface area (Å²) < 4.78 is 10.4. The van der Waals surface area contributed by atoms with E-state index >= 15 is 0 Å². The molecular weight excluding hydrogens is 323 g/mol. The molecule has 0 spiro atoms. The Labute approximate surface area is 140 Å². The molecule has 0 radical (unpaired) electrons. The van der Waals surface area contributed by atoms with Crippen LogP contribution < -0.4 is 5.32 Å². The summed E-state index contributed by atoms with van der Waals surface area (Å²) in [5.74, 6) is 0.838. The summed E-state index contributed by atoms with van der Waals surface area (Å²) >= 11 is 12.1. The summed E-state index contributed by atoms with van der Waals surface area (Å²) in [5, 5.41) is 8.61. The molecule has 1 aromatic carbocycles. The first-order valence-electron chi connectivity index (χ1n) is 7.12. The van der Waals surface area contributed by atoms with Crippen molar-refractivity contribution in [3.05, 3.63) is 50.8 Å². The van der Waals surface area contributed by atoms with Crippen LogP contribution in [0.1, 0.15) is 35.0 Å². The van der Waals surface area contributed by atoms with E-state index in [1.54, 1.807) is 7.11 Å². The van der Waals surface area contributed by atoms with Crippen LogP contribution >= 0.6 is 23.2 Å². The van der Waals surface area contributed by atoms with Crippen molar-refractivity contribution < 1.29 is 9.26 Å². The largest absolute Gasteiger partial charge is 0.385 e. The molecule has 0 unspecified atom stereocenters. The van der Waals surface area contributed by atoms with Crippen LogP contribution in [0.4, 0.5) is 0 Å². The standard InChI is InChI=1S/C16H20Cl2N2O2/c1-10-13(11(2)22-20-10)9-19-16(6-7-21-3)12-4-5-14(17)15(18)8-12/h4-5,8,16,19H,6-7,9H2,1-3H3/t16-/m1/s1. The Morgan fingerprint density at radius 1 is 1.27 bits per heavy atom. The molecule has 120 valence electrons. The second-order valence-corrected chi connectivity index (χ2v) is 6.01. The van der Waals surface area contributed by atoms with Crippen LogP contribution in [0.5, 0.6) is 0 Å². The van der Waals surface area contributed by atoms with Gasteiger partial charge in [0.05, 0.1) is 15.7 Å². The van der Waals surface area contributed by atoms with E-state index in [2.05, 4.69) is 10.5 Å². The van der Waals surface area contributed by atoms with Gasteiger partial charge >= 0.3 is 0 Å². The normalized spacial score (nSPS) is 12.6. The first-order valence-corrected chi connectivity index (χ1v) is 7.87. The van der Waals surface area contributed by atoms with Crippen LogP contribution in [-0.4, -0.2) is 18.9 Å². The number of nitrogens with zero attached hydrogens (tertiary/aromatic N) is 1. The van der Waals surface area contributed by atoms with E-state index in [-0.39, 0.29) is 6.04 Å². The Bertz CT molecular complexity index is 609. The van der Waals surface area contributed by atoms with Crippen LogP contribution in [0.3, 0.4) is 0 Å². The van der Waals surface area contributed by atoms with Crippen molar-refractivity contribution in [2.75, 3.05) is 13.7 Å². The van der Waals surface area contributed by atoms with Gasteiger partial charge in [-0.1, -0.05) is 34.4 Å². The lowest BCUT2D eigenvalue weighted by Gasteiger charge is -2.19. The van der Waals surface area contributed by atoms with Gasteiger partial charge in [0.1, 0.15) is 5.76 Å². The molecule has 2 aromatic rings. The van der Waals surface area contributed by atoms with Crippen LogP contribution in [-0.2, 0) is 11.3 Å². The van der Waals surface area contributed by atoms with Gasteiger partial charge < -0.3 is 14.6 Å². The molecule has 1 aromatic heterocycles. The third-order valence-corrected chi connectivity index (χ3v) is 4.40. The number of methoxy groups -OCH3 is 1. The van der Waals surface area contributed by atoms with Crippen molar-refractivity contribution in [3.8, 4) is 0 Å². The summed E-state index contributed by atoms with van der Waals surface area (Å²) in [6.45, 7) is 5.19. The number of hydrogen-bond donors (Lipinski definition) is 1. The molecule has 1 heterocycles. The molecule has 22 heavy (non-hydrogen) atoms. The number of rotatable bonds is 7. The number of hydrogen-bond acceptors (Lipinski definition) is 4. The van der Waals surface area contributed by atoms with Crippen molar-refractivity contribution in [2.45, 2.75) is 32.9 Å². The van der Waals surface area contributed by atoms with E-state index in [9.17, 15) is 0 Å². The van der Waals surface area contributed by atoms with Gasteiger partial charge in [0, 0.05) is 31.9 Å². The van der Waals surface area contributed by atoms with Gasteiger partial charge in [0.2, 0.25) is 0 Å². The highest BCUT2D eigenvalue weighted by molar-refractivity contribution is 6.42. The highest BCUT2D eigenvalue weighted by Gasteiger charge is 2.15. The van der Waals surface area contributed by atoms with Gasteiger partial charge in [-0.15, -0.1) is 0 Å². The second kappa shape index (κ2) is 7.97. The first-order chi connectivity index (χ1) is 10.5. The van der Waals surface area contributed by atoms with E-state index in [1.807, 2.05) is 32.0 Å². The van der Waals surface area contributed by atoms with Crippen molar-refractivity contribution >= 4 is 23.2 Å². The molecule has 0 aliphatic heterocycles. The maximum absolute atomic E-state index is 6.13. The molecule has 1 N–H and O–H groups in total. The van der Waals surface area contributed by atoms with Crippen LogP contribution in [0.25, 0.3) is 0 Å². The minimum Gasteiger partial charge on any atom is -0.385 e. The van der Waals surface area contributed by atoms with E-state index in [0.717, 1.165) is 29.0 Å². The first kappa shape index (κ1) is 17.3. The number of ether oxygens (including phenoxy) is 1. The molecule has 0 amide bonds. The number of aryl methyl sites for hydroxylation is 2. The summed E-state index contributed by atoms with van der Waals surface area (Å²) in [6.07, 6.45) is 0.831. The lowest BCUT2D eigenvalue weighted by atomic mass is 10.0. The molecule has 0 fully saturated rings. The van der Waals surface area contributed by atoms with Gasteiger partial charge in [-0.25, -0.2) is 0 Å². The van der Waals surface area contributed by atoms with Crippen molar-refractivity contribution in [1.29, 1.82) is 0 Å². The average molecular weight is 343 g/mol. The molecule has 4 nitrogen and oxygen atoms in total. The van der Waals surface area contributed by atoms with Crippen LogP contribution in [0.2, 0.25) is 10.0 Å². The summed E-state index contributed by atoms with van der Waals surface area (Å²) in [6, 6.07) is 5.80. The Hall–Kier alpha value is -1.07. The molecule has 0 saturated heterocycles. The SMILES string of the molecule is COCC[C@@H](NCc1c(C)noc1C)c1ccc(Cl)c(Cl)c1. The molecule has 0 saturated carbocycles. The minimum atomic E-state index is 0.114. The Balaban J connectivity index is 2.13. The van der Waals surface area contributed by atoms with Gasteiger partial charge in [-0.3, -0.25) is 0 Å². The van der Waals surface area contributed by atoms with Crippen molar-refractivity contribution in [1.82, 2.24) is 10.5 Å². The molecular formula is C16H20Cl2N2O2. The third-order valence-electron chi connectivity index (χ3n) is 3.66. The van der Waals surface area contributed by atoms with Gasteiger partial charge in [0.25, 0.3) is 0 Å². The maximum Gasteiger partial charge on any atom is 0.138 e. The van der Waals surface area contributed by atoms with E-state index in [4.69, 9.17) is 32.5 Å². The highest BCUT2D eigenvalue weighted by Crippen LogP contribution is 2.27. The predicted octanol–water partition coefficient (Wildman–Crippen LogP) is 4.47. The predicted molar refractivity (Wildman–Crippen MR) is 88.5 cm³/mol. The van der Waals surface area contributed by atoms with E-state index in [0.29, 0.717) is 23.2 Å². The summed E-state index contributed by atoms with van der Waals surface area (Å²) in [5.41, 5.74) is 3.07. The fourth-order valence-electron chi connectivity index (χ4n) is 2.33. The zero-order chi connectivity index (χ0) is 16.1. The number of aromatic nitrogens is 1. The van der Waals surface area contributed by atoms with E-state index < -0.39 is 0 Å².